The molecule has 1 rings (SSSR count). The lowest BCUT2D eigenvalue weighted by atomic mass is 10.0. The lowest BCUT2D eigenvalue weighted by molar-refractivity contribution is -0.105. The van der Waals surface area contributed by atoms with E-state index >= 15 is 0 Å². The Morgan fingerprint density at radius 2 is 1.54 bits per heavy atom. The zero-order valence-electron chi connectivity index (χ0n) is 16.3. The van der Waals surface area contributed by atoms with Gasteiger partial charge >= 0.3 is 6.18 Å². The van der Waals surface area contributed by atoms with Crippen LogP contribution in [0.15, 0.2) is 41.6 Å². The van der Waals surface area contributed by atoms with Gasteiger partial charge in [0.05, 0.1) is 11.7 Å². The normalized spacial score (nSPS) is 14.5. The van der Waals surface area contributed by atoms with E-state index in [0.717, 1.165) is 24.4 Å². The summed E-state index contributed by atoms with van der Waals surface area (Å²) in [6.45, 7) is 5.92. The molecule has 0 radical (unpaired) electrons. The van der Waals surface area contributed by atoms with Gasteiger partial charge in [-0.25, -0.2) is 0 Å². The smallest absolute Gasteiger partial charge is 0.388 e. The molecule has 0 aromatic heterocycles. The van der Waals surface area contributed by atoms with Crippen molar-refractivity contribution >= 4 is 13.3 Å². The highest BCUT2D eigenvalue weighted by Crippen LogP contribution is 2.32. The van der Waals surface area contributed by atoms with E-state index in [1.807, 2.05) is 43.4 Å². The van der Waals surface area contributed by atoms with E-state index in [-0.39, 0.29) is 6.42 Å². The third-order valence-corrected chi connectivity index (χ3v) is 7.66. The molecule has 1 aromatic carbocycles. The van der Waals surface area contributed by atoms with Crippen LogP contribution in [0.1, 0.15) is 58.3 Å². The van der Waals surface area contributed by atoms with Gasteiger partial charge in [0, 0.05) is 0 Å². The first-order chi connectivity index (χ1) is 12.2. The first kappa shape index (κ1) is 23.0. The molecule has 1 N–H and O–H groups in total. The summed E-state index contributed by atoms with van der Waals surface area (Å²) in [6.07, 6.45) is 1.51. The largest absolute Gasteiger partial charge is 0.414 e. The van der Waals surface area contributed by atoms with Gasteiger partial charge in [0.15, 0.2) is 0 Å². The van der Waals surface area contributed by atoms with Gasteiger partial charge in [-0.15, -0.1) is 0 Å². The molecule has 0 spiro atoms. The molecule has 0 saturated heterocycles. The van der Waals surface area contributed by atoms with Crippen LogP contribution in [0.2, 0.25) is 13.1 Å². The lowest BCUT2D eigenvalue weighted by Gasteiger charge is -2.25. The Morgan fingerprint density at radius 3 is 2.08 bits per heavy atom. The molecule has 0 bridgehead atoms. The molecule has 148 valence electrons. The molecule has 0 aliphatic rings. The standard InChI is InChI=1S/C21H33F3OSi/c1-4-5-6-7-8-9-13-16-20(25)19(21(22,23)24)17-26(2,3)18-14-11-10-12-15-18/h10-12,14-15,17,20,25H,4-9,13,16H2,1-3H3/b19-17-. The maximum atomic E-state index is 13.5. The van der Waals surface area contributed by atoms with Crippen molar-refractivity contribution in [3.05, 3.63) is 41.6 Å². The molecule has 0 fully saturated rings. The highest BCUT2D eigenvalue weighted by atomic mass is 28.3. The predicted molar refractivity (Wildman–Crippen MR) is 106 cm³/mol. The Balaban J connectivity index is 2.71. The molecular weight excluding hydrogens is 353 g/mol. The first-order valence-electron chi connectivity index (χ1n) is 9.72. The minimum atomic E-state index is -4.49. The minimum absolute atomic E-state index is 0.179. The van der Waals surface area contributed by atoms with Crippen LogP contribution in [0.3, 0.4) is 0 Å². The zero-order valence-corrected chi connectivity index (χ0v) is 17.3. The summed E-state index contributed by atoms with van der Waals surface area (Å²) < 4.78 is 40.6. The monoisotopic (exact) mass is 386 g/mol. The number of aliphatic hydroxyl groups excluding tert-OH is 1. The Kier molecular flexibility index (Phi) is 9.65. The van der Waals surface area contributed by atoms with Gasteiger partial charge in [-0.3, -0.25) is 0 Å². The fraction of sp³-hybridized carbons (Fsp3) is 0.619. The van der Waals surface area contributed by atoms with Crippen LogP contribution < -0.4 is 5.19 Å². The molecule has 0 amide bonds. The molecule has 26 heavy (non-hydrogen) atoms. The van der Waals surface area contributed by atoms with Crippen molar-refractivity contribution in [3.63, 3.8) is 0 Å². The highest BCUT2D eigenvalue weighted by molar-refractivity contribution is 6.94. The maximum absolute atomic E-state index is 13.5. The van der Waals surface area contributed by atoms with Crippen molar-refractivity contribution in [2.24, 2.45) is 0 Å². The first-order valence-corrected chi connectivity index (χ1v) is 12.8. The summed E-state index contributed by atoms with van der Waals surface area (Å²) in [7, 11) is -2.43. The second-order valence-electron chi connectivity index (χ2n) is 7.61. The number of alkyl halides is 3. The van der Waals surface area contributed by atoms with Gasteiger partial charge < -0.3 is 5.11 Å². The van der Waals surface area contributed by atoms with Crippen LogP contribution in [-0.4, -0.2) is 25.5 Å². The Bertz CT molecular complexity index is 538. The molecule has 0 aliphatic heterocycles. The van der Waals surface area contributed by atoms with Crippen molar-refractivity contribution in [2.75, 3.05) is 0 Å². The average Bonchev–Trinajstić information content (AvgIpc) is 2.58. The van der Waals surface area contributed by atoms with Gasteiger partial charge in [0.25, 0.3) is 0 Å². The fourth-order valence-corrected chi connectivity index (χ4v) is 5.51. The van der Waals surface area contributed by atoms with Crippen LogP contribution in [0, 0.1) is 0 Å². The molecule has 1 unspecified atom stereocenters. The number of hydrogen-bond donors (Lipinski definition) is 1. The van der Waals surface area contributed by atoms with Crippen molar-refractivity contribution in [2.45, 2.75) is 83.7 Å². The molecule has 0 heterocycles. The number of aliphatic hydroxyl groups is 1. The summed E-state index contributed by atoms with van der Waals surface area (Å²) in [4.78, 5) is 0. The fourth-order valence-electron chi connectivity index (χ4n) is 3.16. The van der Waals surface area contributed by atoms with E-state index in [9.17, 15) is 18.3 Å². The molecule has 0 saturated carbocycles. The minimum Gasteiger partial charge on any atom is -0.388 e. The van der Waals surface area contributed by atoms with Crippen LogP contribution in [0.5, 0.6) is 0 Å². The predicted octanol–water partition coefficient (Wildman–Crippen LogP) is 6.13. The van der Waals surface area contributed by atoms with Gasteiger partial charge in [0.2, 0.25) is 0 Å². The molecule has 1 nitrogen and oxygen atoms in total. The van der Waals surface area contributed by atoms with Gasteiger partial charge in [-0.1, -0.05) is 106 Å². The van der Waals surface area contributed by atoms with E-state index in [2.05, 4.69) is 6.92 Å². The summed E-state index contributed by atoms with van der Waals surface area (Å²) in [6, 6.07) is 9.30. The van der Waals surface area contributed by atoms with Gasteiger partial charge in [-0.2, -0.15) is 13.2 Å². The van der Waals surface area contributed by atoms with Crippen molar-refractivity contribution < 1.29 is 18.3 Å². The van der Waals surface area contributed by atoms with E-state index in [1.165, 1.54) is 25.0 Å². The van der Waals surface area contributed by atoms with E-state index in [1.54, 1.807) is 0 Å². The second kappa shape index (κ2) is 10.9. The van der Waals surface area contributed by atoms with Crippen molar-refractivity contribution in [1.29, 1.82) is 0 Å². The van der Waals surface area contributed by atoms with Crippen LogP contribution in [0.4, 0.5) is 13.2 Å². The highest BCUT2D eigenvalue weighted by Gasteiger charge is 2.39. The summed E-state index contributed by atoms with van der Waals surface area (Å²) in [5.74, 6) is 0. The molecular formula is C21H33F3OSi. The lowest BCUT2D eigenvalue weighted by Crippen LogP contribution is -2.42. The third kappa shape index (κ3) is 8.08. The maximum Gasteiger partial charge on any atom is 0.414 e. The number of benzene rings is 1. The summed E-state index contributed by atoms with van der Waals surface area (Å²) in [5.41, 5.74) is 0.567. The average molecular weight is 387 g/mol. The van der Waals surface area contributed by atoms with E-state index in [0.29, 0.717) is 6.42 Å². The summed E-state index contributed by atoms with van der Waals surface area (Å²) in [5, 5.41) is 11.2. The third-order valence-electron chi connectivity index (χ3n) is 4.80. The topological polar surface area (TPSA) is 20.2 Å². The van der Waals surface area contributed by atoms with Crippen molar-refractivity contribution in [1.82, 2.24) is 0 Å². The molecule has 1 atom stereocenters. The van der Waals surface area contributed by atoms with Crippen LogP contribution in [0.25, 0.3) is 0 Å². The van der Waals surface area contributed by atoms with Crippen LogP contribution in [-0.2, 0) is 0 Å². The van der Waals surface area contributed by atoms with Crippen molar-refractivity contribution in [3.8, 4) is 0 Å². The number of halogens is 3. The number of hydrogen-bond acceptors (Lipinski definition) is 1. The SMILES string of the molecule is CCCCCCCCCC(O)/C(=C/[Si](C)(C)c1ccccc1)C(F)(F)F. The second-order valence-corrected chi connectivity index (χ2v) is 11.9. The van der Waals surface area contributed by atoms with Gasteiger partial charge in [0.1, 0.15) is 8.07 Å². The van der Waals surface area contributed by atoms with E-state index in [4.69, 9.17) is 0 Å². The van der Waals surface area contributed by atoms with Gasteiger partial charge in [-0.05, 0) is 6.42 Å². The van der Waals surface area contributed by atoms with E-state index < -0.39 is 25.9 Å². The summed E-state index contributed by atoms with van der Waals surface area (Å²) >= 11 is 0. The Morgan fingerprint density at radius 1 is 1.00 bits per heavy atom. The zero-order chi connectivity index (χ0) is 19.6. The number of unbranched alkanes of at least 4 members (excludes halogenated alkanes) is 6. The number of rotatable bonds is 11. The quantitative estimate of drug-likeness (QED) is 0.358. The Hall–Kier alpha value is -1.07. The molecule has 0 aliphatic carbocycles. The molecule has 5 heteroatoms. The van der Waals surface area contributed by atoms with Crippen LogP contribution >= 0.6 is 0 Å². The Labute approximate surface area is 157 Å². The molecule has 1 aromatic rings.